The number of sulfonamides is 1. The van der Waals surface area contributed by atoms with Gasteiger partial charge in [-0.2, -0.15) is 0 Å². The molecule has 0 radical (unpaired) electrons. The smallest absolute Gasteiger partial charge is 0.254 e. The molecule has 2 unspecified atom stereocenters. The number of morpholine rings is 1. The number of benzene rings is 1. The predicted molar refractivity (Wildman–Crippen MR) is 106 cm³/mol. The van der Waals surface area contributed by atoms with Crippen LogP contribution in [0.2, 0.25) is 0 Å². The van der Waals surface area contributed by atoms with Crippen molar-refractivity contribution in [3.63, 3.8) is 0 Å². The molecule has 8 heteroatoms. The number of carbonyl (C=O) groups is 1. The van der Waals surface area contributed by atoms with Gasteiger partial charge in [0.15, 0.2) is 0 Å². The standard InChI is InChI=1S/C19H24N2O4S2/c1-14-12-21(13-15(2)25-14)19(22)16-5-7-18(8-6-16)27(23,24)20-10-9-17-4-3-11-26-17/h3-8,11,14-15,20H,9-10,12-13H2,1-2H3. The van der Waals surface area contributed by atoms with Crippen molar-refractivity contribution in [1.82, 2.24) is 9.62 Å². The van der Waals surface area contributed by atoms with Crippen molar-refractivity contribution in [3.8, 4) is 0 Å². The molecule has 0 spiro atoms. The molecule has 1 N–H and O–H groups in total. The fraction of sp³-hybridized carbons (Fsp3) is 0.421. The molecule has 2 aromatic rings. The highest BCUT2D eigenvalue weighted by atomic mass is 32.2. The monoisotopic (exact) mass is 408 g/mol. The number of nitrogens with zero attached hydrogens (tertiary/aromatic N) is 1. The van der Waals surface area contributed by atoms with Crippen molar-refractivity contribution >= 4 is 27.3 Å². The van der Waals surface area contributed by atoms with Crippen LogP contribution >= 0.6 is 11.3 Å². The van der Waals surface area contributed by atoms with Crippen LogP contribution in [0.25, 0.3) is 0 Å². The SMILES string of the molecule is CC1CN(C(=O)c2ccc(S(=O)(=O)NCCc3cccs3)cc2)CC(C)O1. The number of hydrogen-bond acceptors (Lipinski definition) is 5. The molecule has 2 atom stereocenters. The maximum atomic E-state index is 12.7. The molecule has 1 aromatic heterocycles. The third kappa shape index (κ3) is 5.16. The predicted octanol–water partition coefficient (Wildman–Crippen LogP) is 2.52. The lowest BCUT2D eigenvalue weighted by Crippen LogP contribution is -2.48. The van der Waals surface area contributed by atoms with E-state index in [1.807, 2.05) is 31.4 Å². The molecule has 27 heavy (non-hydrogen) atoms. The van der Waals surface area contributed by atoms with Gasteiger partial charge < -0.3 is 9.64 Å². The minimum atomic E-state index is -3.59. The van der Waals surface area contributed by atoms with Gasteiger partial charge in [0.25, 0.3) is 5.91 Å². The van der Waals surface area contributed by atoms with Crippen LogP contribution in [0, 0.1) is 0 Å². The average Bonchev–Trinajstić information content (AvgIpc) is 3.13. The Morgan fingerprint density at radius 3 is 2.44 bits per heavy atom. The van der Waals surface area contributed by atoms with Gasteiger partial charge in [0.1, 0.15) is 0 Å². The molecule has 0 bridgehead atoms. The lowest BCUT2D eigenvalue weighted by molar-refractivity contribution is -0.0586. The summed E-state index contributed by atoms with van der Waals surface area (Å²) in [6, 6.07) is 10.0. The van der Waals surface area contributed by atoms with E-state index in [4.69, 9.17) is 4.74 Å². The van der Waals surface area contributed by atoms with Crippen molar-refractivity contribution in [2.75, 3.05) is 19.6 Å². The van der Waals surface area contributed by atoms with E-state index in [-0.39, 0.29) is 23.0 Å². The molecule has 1 aliphatic heterocycles. The van der Waals surface area contributed by atoms with Gasteiger partial charge in [0.05, 0.1) is 17.1 Å². The van der Waals surface area contributed by atoms with E-state index in [9.17, 15) is 13.2 Å². The molecule has 2 heterocycles. The largest absolute Gasteiger partial charge is 0.372 e. The van der Waals surface area contributed by atoms with Crippen molar-refractivity contribution in [2.24, 2.45) is 0 Å². The summed E-state index contributed by atoms with van der Waals surface area (Å²) in [5.41, 5.74) is 0.480. The van der Waals surface area contributed by atoms with Crippen LogP contribution in [-0.2, 0) is 21.2 Å². The summed E-state index contributed by atoms with van der Waals surface area (Å²) >= 11 is 1.60. The lowest BCUT2D eigenvalue weighted by Gasteiger charge is -2.35. The number of rotatable bonds is 6. The summed E-state index contributed by atoms with van der Waals surface area (Å²) in [6.45, 7) is 5.29. The highest BCUT2D eigenvalue weighted by Crippen LogP contribution is 2.17. The highest BCUT2D eigenvalue weighted by Gasteiger charge is 2.26. The summed E-state index contributed by atoms with van der Waals surface area (Å²) in [6.07, 6.45) is 0.635. The number of amides is 1. The molecule has 146 valence electrons. The molecule has 6 nitrogen and oxygen atoms in total. The first-order chi connectivity index (χ1) is 12.8. The molecule has 0 saturated carbocycles. The highest BCUT2D eigenvalue weighted by molar-refractivity contribution is 7.89. The van der Waals surface area contributed by atoms with E-state index in [0.717, 1.165) is 4.88 Å². The molecule has 1 amide bonds. The Labute approximate surface area is 164 Å². The molecule has 3 rings (SSSR count). The van der Waals surface area contributed by atoms with E-state index in [1.54, 1.807) is 28.4 Å². The molecule has 1 saturated heterocycles. The summed E-state index contributed by atoms with van der Waals surface area (Å²) in [5.74, 6) is -0.105. The number of hydrogen-bond donors (Lipinski definition) is 1. The average molecular weight is 409 g/mol. The zero-order valence-corrected chi connectivity index (χ0v) is 17.1. The molecule has 0 aliphatic carbocycles. The van der Waals surface area contributed by atoms with Crippen molar-refractivity contribution in [2.45, 2.75) is 37.4 Å². The zero-order chi connectivity index (χ0) is 19.4. The van der Waals surface area contributed by atoms with Crippen LogP contribution in [0.5, 0.6) is 0 Å². The summed E-state index contributed by atoms with van der Waals surface area (Å²) < 4.78 is 33.1. The van der Waals surface area contributed by atoms with E-state index >= 15 is 0 Å². The first kappa shape index (κ1) is 20.0. The van der Waals surface area contributed by atoms with E-state index in [2.05, 4.69) is 4.72 Å². The van der Waals surface area contributed by atoms with Crippen LogP contribution in [0.1, 0.15) is 29.1 Å². The Hall–Kier alpha value is -1.74. The van der Waals surface area contributed by atoms with Gasteiger partial charge >= 0.3 is 0 Å². The van der Waals surface area contributed by atoms with E-state index in [1.165, 1.54) is 12.1 Å². The fourth-order valence-corrected chi connectivity index (χ4v) is 4.89. The van der Waals surface area contributed by atoms with Crippen molar-refractivity contribution in [1.29, 1.82) is 0 Å². The van der Waals surface area contributed by atoms with Gasteiger partial charge in [-0.05, 0) is 56.0 Å². The van der Waals surface area contributed by atoms with Crippen LogP contribution in [0.4, 0.5) is 0 Å². The summed E-state index contributed by atoms with van der Waals surface area (Å²) in [7, 11) is -3.59. The second kappa shape index (κ2) is 8.52. The Kier molecular flexibility index (Phi) is 6.31. The van der Waals surface area contributed by atoms with Gasteiger partial charge in [-0.25, -0.2) is 13.1 Å². The first-order valence-corrected chi connectivity index (χ1v) is 11.3. The maximum Gasteiger partial charge on any atom is 0.254 e. The number of nitrogens with one attached hydrogen (secondary N) is 1. The van der Waals surface area contributed by atoms with Gasteiger partial charge in [-0.3, -0.25) is 4.79 Å². The summed E-state index contributed by atoms with van der Waals surface area (Å²) in [4.78, 5) is 15.7. The van der Waals surface area contributed by atoms with Gasteiger partial charge in [-0.15, -0.1) is 11.3 Å². The topological polar surface area (TPSA) is 75.7 Å². The molecular weight excluding hydrogens is 384 g/mol. The molecule has 1 aromatic carbocycles. The minimum absolute atomic E-state index is 0.00936. The van der Waals surface area contributed by atoms with Crippen molar-refractivity contribution < 1.29 is 17.9 Å². The zero-order valence-electron chi connectivity index (χ0n) is 15.4. The molecular formula is C19H24N2O4S2. The Morgan fingerprint density at radius 2 is 1.85 bits per heavy atom. The maximum absolute atomic E-state index is 12.7. The molecule has 1 fully saturated rings. The quantitative estimate of drug-likeness (QED) is 0.797. The lowest BCUT2D eigenvalue weighted by atomic mass is 10.1. The van der Waals surface area contributed by atoms with E-state index in [0.29, 0.717) is 31.6 Å². The minimum Gasteiger partial charge on any atom is -0.372 e. The van der Waals surface area contributed by atoms with E-state index < -0.39 is 10.0 Å². The third-order valence-corrected chi connectivity index (χ3v) is 6.78. The Bertz CT molecular complexity index is 854. The van der Waals surface area contributed by atoms with Crippen LogP contribution < -0.4 is 4.72 Å². The number of thiophene rings is 1. The van der Waals surface area contributed by atoms with Gasteiger partial charge in [0, 0.05) is 30.1 Å². The van der Waals surface area contributed by atoms with Crippen LogP contribution in [-0.4, -0.2) is 51.1 Å². The Balaban J connectivity index is 1.62. The second-order valence-electron chi connectivity index (χ2n) is 6.72. The third-order valence-electron chi connectivity index (χ3n) is 4.36. The van der Waals surface area contributed by atoms with Crippen molar-refractivity contribution in [3.05, 3.63) is 52.2 Å². The van der Waals surface area contributed by atoms with Gasteiger partial charge in [0.2, 0.25) is 10.0 Å². The fourth-order valence-electron chi connectivity index (χ4n) is 3.15. The summed E-state index contributed by atoms with van der Waals surface area (Å²) in [5, 5.41) is 1.97. The second-order valence-corrected chi connectivity index (χ2v) is 9.52. The Morgan fingerprint density at radius 1 is 1.19 bits per heavy atom. The molecule has 1 aliphatic rings. The van der Waals surface area contributed by atoms with Gasteiger partial charge in [-0.1, -0.05) is 6.07 Å². The number of ether oxygens (including phenoxy) is 1. The first-order valence-electron chi connectivity index (χ1n) is 8.92. The number of carbonyl (C=O) groups excluding carboxylic acids is 1. The van der Waals surface area contributed by atoms with Crippen LogP contribution in [0.15, 0.2) is 46.7 Å². The van der Waals surface area contributed by atoms with Crippen LogP contribution in [0.3, 0.4) is 0 Å². The normalized spacial score (nSPS) is 20.6.